The highest BCUT2D eigenvalue weighted by atomic mass is 16.5. The van der Waals surface area contributed by atoms with Crippen LogP contribution in [0.3, 0.4) is 0 Å². The first-order valence-corrected chi connectivity index (χ1v) is 7.04. The van der Waals surface area contributed by atoms with Gasteiger partial charge < -0.3 is 4.74 Å². The molecule has 0 atom stereocenters. The molecule has 0 radical (unpaired) electrons. The summed E-state index contributed by atoms with van der Waals surface area (Å²) in [6.07, 6.45) is 3.15. The molecule has 0 amide bonds. The average molecular weight is 289 g/mol. The molecule has 0 saturated carbocycles. The van der Waals surface area contributed by atoms with Crippen LogP contribution < -0.4 is 0 Å². The minimum Gasteiger partial charge on any atom is -0.457 e. The van der Waals surface area contributed by atoms with Crippen molar-refractivity contribution >= 4 is 5.97 Å². The predicted molar refractivity (Wildman–Crippen MR) is 85.2 cm³/mol. The minimum absolute atomic E-state index is 0.260. The molecule has 0 saturated heterocycles. The second-order valence-corrected chi connectivity index (χ2v) is 4.87. The van der Waals surface area contributed by atoms with Crippen LogP contribution in [0.4, 0.5) is 0 Å². The van der Waals surface area contributed by atoms with Gasteiger partial charge in [-0.25, -0.2) is 4.79 Å². The molecular weight excluding hydrogens is 274 g/mol. The van der Waals surface area contributed by atoms with E-state index in [1.807, 2.05) is 42.5 Å². The number of hydrogen-bond donors (Lipinski definition) is 0. The number of pyridine rings is 1. The Kier molecular flexibility index (Phi) is 4.25. The third-order valence-corrected chi connectivity index (χ3v) is 3.35. The number of esters is 1. The van der Waals surface area contributed by atoms with Crippen LogP contribution >= 0.6 is 0 Å². The number of rotatable bonds is 4. The molecule has 0 bridgehead atoms. The van der Waals surface area contributed by atoms with Crippen molar-refractivity contribution in [1.82, 2.24) is 4.98 Å². The van der Waals surface area contributed by atoms with E-state index in [9.17, 15) is 4.79 Å². The lowest BCUT2D eigenvalue weighted by Crippen LogP contribution is -2.05. The Labute approximate surface area is 129 Å². The molecule has 3 aromatic rings. The molecule has 0 aliphatic rings. The molecule has 3 heteroatoms. The molecule has 0 N–H and O–H groups in total. The normalized spacial score (nSPS) is 10.2. The first kappa shape index (κ1) is 14.0. The lowest BCUT2D eigenvalue weighted by Gasteiger charge is -2.06. The van der Waals surface area contributed by atoms with Crippen LogP contribution in [0.5, 0.6) is 0 Å². The molecule has 22 heavy (non-hydrogen) atoms. The van der Waals surface area contributed by atoms with Gasteiger partial charge in [-0.15, -0.1) is 0 Å². The van der Waals surface area contributed by atoms with Crippen molar-refractivity contribution in [2.24, 2.45) is 0 Å². The van der Waals surface area contributed by atoms with Crippen molar-refractivity contribution in [3.05, 3.63) is 90.3 Å². The molecule has 1 heterocycles. The highest BCUT2D eigenvalue weighted by molar-refractivity contribution is 5.89. The van der Waals surface area contributed by atoms with Gasteiger partial charge in [-0.2, -0.15) is 0 Å². The predicted octanol–water partition coefficient (Wildman–Crippen LogP) is 4.11. The number of carbonyl (C=O) groups is 1. The standard InChI is InChI=1S/C19H15NO2/c21-19(18-10-12-20-13-11-18)22-14-15-6-8-17(9-7-15)16-4-2-1-3-5-16/h1-13H,14H2. The highest BCUT2D eigenvalue weighted by Gasteiger charge is 2.06. The van der Waals surface area contributed by atoms with Crippen LogP contribution in [0.1, 0.15) is 15.9 Å². The number of aromatic nitrogens is 1. The lowest BCUT2D eigenvalue weighted by molar-refractivity contribution is 0.0472. The van der Waals surface area contributed by atoms with Crippen LogP contribution in [-0.2, 0) is 11.3 Å². The summed E-state index contributed by atoms with van der Waals surface area (Å²) >= 11 is 0. The second-order valence-electron chi connectivity index (χ2n) is 4.87. The fourth-order valence-electron chi connectivity index (χ4n) is 2.14. The van der Waals surface area contributed by atoms with Crippen molar-refractivity contribution in [3.8, 4) is 11.1 Å². The summed E-state index contributed by atoms with van der Waals surface area (Å²) in [5.41, 5.74) is 3.78. The van der Waals surface area contributed by atoms with E-state index < -0.39 is 0 Å². The fourth-order valence-corrected chi connectivity index (χ4v) is 2.14. The van der Waals surface area contributed by atoms with E-state index >= 15 is 0 Å². The van der Waals surface area contributed by atoms with Crippen LogP contribution in [0.15, 0.2) is 79.1 Å². The minimum atomic E-state index is -0.338. The summed E-state index contributed by atoms with van der Waals surface area (Å²) in [7, 11) is 0. The van der Waals surface area contributed by atoms with Gasteiger partial charge in [-0.3, -0.25) is 4.98 Å². The van der Waals surface area contributed by atoms with E-state index in [4.69, 9.17) is 4.74 Å². The van der Waals surface area contributed by atoms with E-state index in [-0.39, 0.29) is 12.6 Å². The number of ether oxygens (including phenoxy) is 1. The van der Waals surface area contributed by atoms with Gasteiger partial charge in [0.1, 0.15) is 6.61 Å². The number of nitrogens with zero attached hydrogens (tertiary/aromatic N) is 1. The van der Waals surface area contributed by atoms with E-state index in [1.54, 1.807) is 24.5 Å². The molecule has 0 aliphatic heterocycles. The molecule has 108 valence electrons. The number of carbonyl (C=O) groups excluding carboxylic acids is 1. The monoisotopic (exact) mass is 289 g/mol. The second kappa shape index (κ2) is 6.68. The maximum atomic E-state index is 11.9. The van der Waals surface area contributed by atoms with Crippen molar-refractivity contribution in [3.63, 3.8) is 0 Å². The van der Waals surface area contributed by atoms with Gasteiger partial charge in [0, 0.05) is 12.4 Å². The van der Waals surface area contributed by atoms with Gasteiger partial charge in [0.05, 0.1) is 5.56 Å². The first-order valence-electron chi connectivity index (χ1n) is 7.04. The number of hydrogen-bond acceptors (Lipinski definition) is 3. The topological polar surface area (TPSA) is 39.2 Å². The Morgan fingerprint density at radius 2 is 1.45 bits per heavy atom. The van der Waals surface area contributed by atoms with Crippen LogP contribution in [0.25, 0.3) is 11.1 Å². The number of benzene rings is 2. The average Bonchev–Trinajstić information content (AvgIpc) is 2.61. The maximum Gasteiger partial charge on any atom is 0.338 e. The van der Waals surface area contributed by atoms with Gasteiger partial charge >= 0.3 is 5.97 Å². The van der Waals surface area contributed by atoms with Crippen LogP contribution in [0, 0.1) is 0 Å². The quantitative estimate of drug-likeness (QED) is 0.679. The summed E-state index contributed by atoms with van der Waals surface area (Å²) in [5.74, 6) is -0.338. The van der Waals surface area contributed by atoms with E-state index in [0.29, 0.717) is 5.56 Å². The van der Waals surface area contributed by atoms with Crippen LogP contribution in [-0.4, -0.2) is 11.0 Å². The van der Waals surface area contributed by atoms with Gasteiger partial charge in [-0.05, 0) is 28.8 Å². The zero-order valence-electron chi connectivity index (χ0n) is 12.0. The smallest absolute Gasteiger partial charge is 0.338 e. The third-order valence-electron chi connectivity index (χ3n) is 3.35. The van der Waals surface area contributed by atoms with Crippen molar-refractivity contribution < 1.29 is 9.53 Å². The Balaban J connectivity index is 1.63. The van der Waals surface area contributed by atoms with Gasteiger partial charge in [-0.1, -0.05) is 54.6 Å². The molecule has 3 rings (SSSR count). The molecular formula is C19H15NO2. The molecule has 0 aliphatic carbocycles. The summed E-state index contributed by atoms with van der Waals surface area (Å²) in [4.78, 5) is 15.7. The summed E-state index contributed by atoms with van der Waals surface area (Å²) in [6, 6.07) is 21.5. The molecule has 3 nitrogen and oxygen atoms in total. The zero-order valence-corrected chi connectivity index (χ0v) is 12.0. The van der Waals surface area contributed by atoms with Gasteiger partial charge in [0.25, 0.3) is 0 Å². The van der Waals surface area contributed by atoms with Gasteiger partial charge in [0.15, 0.2) is 0 Å². The maximum absolute atomic E-state index is 11.9. The Morgan fingerprint density at radius 3 is 2.14 bits per heavy atom. The molecule has 2 aromatic carbocycles. The van der Waals surface area contributed by atoms with Crippen molar-refractivity contribution in [1.29, 1.82) is 0 Å². The van der Waals surface area contributed by atoms with Crippen LogP contribution in [0.2, 0.25) is 0 Å². The van der Waals surface area contributed by atoms with Gasteiger partial charge in [0.2, 0.25) is 0 Å². The lowest BCUT2D eigenvalue weighted by atomic mass is 10.0. The largest absolute Gasteiger partial charge is 0.457 e. The molecule has 0 spiro atoms. The summed E-state index contributed by atoms with van der Waals surface area (Å²) in [6.45, 7) is 0.260. The van der Waals surface area contributed by atoms with Crippen molar-refractivity contribution in [2.45, 2.75) is 6.61 Å². The zero-order chi connectivity index (χ0) is 15.2. The summed E-state index contributed by atoms with van der Waals surface area (Å²) in [5, 5.41) is 0. The highest BCUT2D eigenvalue weighted by Crippen LogP contribution is 2.19. The summed E-state index contributed by atoms with van der Waals surface area (Å²) < 4.78 is 5.29. The Morgan fingerprint density at radius 1 is 0.818 bits per heavy atom. The first-order chi connectivity index (χ1) is 10.8. The molecule has 0 unspecified atom stereocenters. The Hall–Kier alpha value is -2.94. The SMILES string of the molecule is O=C(OCc1ccc(-c2ccccc2)cc1)c1ccncc1. The van der Waals surface area contributed by atoms with Crippen molar-refractivity contribution in [2.75, 3.05) is 0 Å². The van der Waals surface area contributed by atoms with E-state index in [0.717, 1.165) is 11.1 Å². The third kappa shape index (κ3) is 3.38. The molecule has 0 fully saturated rings. The Bertz CT molecular complexity index is 737. The van der Waals surface area contributed by atoms with E-state index in [2.05, 4.69) is 17.1 Å². The fraction of sp³-hybridized carbons (Fsp3) is 0.0526. The molecule has 1 aromatic heterocycles. The van der Waals surface area contributed by atoms with E-state index in [1.165, 1.54) is 5.56 Å².